The first kappa shape index (κ1) is 16.1. The van der Waals surface area contributed by atoms with Gasteiger partial charge in [0.25, 0.3) is 0 Å². The van der Waals surface area contributed by atoms with Crippen LogP contribution >= 0.6 is 11.6 Å². The first-order chi connectivity index (χ1) is 10.1. The molecule has 2 aromatic rings. The molecule has 0 amide bonds. The number of hydrogen-bond acceptors (Lipinski definition) is 1. The van der Waals surface area contributed by atoms with Gasteiger partial charge < -0.3 is 0 Å². The van der Waals surface area contributed by atoms with Crippen molar-refractivity contribution in [3.05, 3.63) is 70.2 Å². The van der Waals surface area contributed by atoms with Crippen molar-refractivity contribution in [1.29, 1.82) is 0 Å². The highest BCUT2D eigenvalue weighted by atomic mass is 35.5. The third-order valence-corrected chi connectivity index (χ3v) is 4.14. The predicted octanol–water partition coefficient (Wildman–Crippen LogP) is 5.47. The maximum atomic E-state index is 6.03. The van der Waals surface area contributed by atoms with E-state index in [2.05, 4.69) is 62.2 Å². The highest BCUT2D eigenvalue weighted by Crippen LogP contribution is 2.29. The largest absolute Gasteiger partial charge is 0.295 e. The second kappa shape index (κ2) is 7.63. The molecule has 0 fully saturated rings. The zero-order valence-electron chi connectivity index (χ0n) is 13.1. The van der Waals surface area contributed by atoms with Crippen LogP contribution in [-0.2, 0) is 0 Å². The van der Waals surface area contributed by atoms with Crippen molar-refractivity contribution < 1.29 is 0 Å². The van der Waals surface area contributed by atoms with Crippen LogP contribution in [0.1, 0.15) is 42.5 Å². The van der Waals surface area contributed by atoms with Gasteiger partial charge in [0.15, 0.2) is 0 Å². The molecule has 0 radical (unpaired) electrons. The Labute approximate surface area is 133 Å². The maximum Gasteiger partial charge on any atom is 0.0599 e. The average molecular weight is 302 g/mol. The zero-order valence-corrected chi connectivity index (χ0v) is 13.9. The van der Waals surface area contributed by atoms with E-state index < -0.39 is 0 Å². The molecule has 1 nitrogen and oxygen atoms in total. The van der Waals surface area contributed by atoms with Crippen LogP contribution in [0.25, 0.3) is 0 Å². The Balaban J connectivity index is 2.33. The summed E-state index contributed by atoms with van der Waals surface area (Å²) in [7, 11) is 2.20. The Kier molecular flexibility index (Phi) is 5.84. The van der Waals surface area contributed by atoms with E-state index >= 15 is 0 Å². The molecule has 2 aromatic carbocycles. The molecule has 0 heterocycles. The second-order valence-corrected chi connectivity index (χ2v) is 6.14. The summed E-state index contributed by atoms with van der Waals surface area (Å²) in [4.78, 5) is 2.43. The lowest BCUT2D eigenvalue weighted by Crippen LogP contribution is -2.26. The Morgan fingerprint density at radius 2 is 1.48 bits per heavy atom. The second-order valence-electron chi connectivity index (χ2n) is 5.70. The van der Waals surface area contributed by atoms with Crippen LogP contribution in [0.2, 0.25) is 5.02 Å². The van der Waals surface area contributed by atoms with Crippen molar-refractivity contribution in [3.63, 3.8) is 0 Å². The quantitative estimate of drug-likeness (QED) is 0.684. The summed E-state index contributed by atoms with van der Waals surface area (Å²) in [5, 5.41) is 0.789. The molecule has 1 atom stereocenters. The first-order valence-electron chi connectivity index (χ1n) is 7.64. The van der Waals surface area contributed by atoms with E-state index in [1.807, 2.05) is 12.1 Å². The Morgan fingerprint density at radius 1 is 0.952 bits per heavy atom. The van der Waals surface area contributed by atoms with E-state index in [0.29, 0.717) is 0 Å². The summed E-state index contributed by atoms with van der Waals surface area (Å²) in [6.07, 6.45) is 2.43. The number of hydrogen-bond donors (Lipinski definition) is 0. The minimum Gasteiger partial charge on any atom is -0.295 e. The van der Waals surface area contributed by atoms with Gasteiger partial charge in [-0.05, 0) is 50.2 Å². The molecular weight excluding hydrogens is 278 g/mol. The van der Waals surface area contributed by atoms with Crippen molar-refractivity contribution in [2.24, 2.45) is 0 Å². The van der Waals surface area contributed by atoms with Crippen LogP contribution in [0.15, 0.2) is 48.5 Å². The summed E-state index contributed by atoms with van der Waals surface area (Å²) in [6.45, 7) is 5.45. The number of nitrogens with zero attached hydrogens (tertiary/aromatic N) is 1. The van der Waals surface area contributed by atoms with Crippen LogP contribution in [0.4, 0.5) is 0 Å². The summed E-state index contributed by atoms with van der Waals surface area (Å²) < 4.78 is 0. The van der Waals surface area contributed by atoms with Crippen LogP contribution in [0.5, 0.6) is 0 Å². The number of unbranched alkanes of at least 4 members (excludes halogenated alkanes) is 1. The fourth-order valence-electron chi connectivity index (χ4n) is 2.63. The van der Waals surface area contributed by atoms with Gasteiger partial charge in [-0.2, -0.15) is 0 Å². The molecule has 0 aromatic heterocycles. The molecule has 2 heteroatoms. The third-order valence-electron chi connectivity index (χ3n) is 3.88. The molecule has 0 aliphatic heterocycles. The molecule has 1 unspecified atom stereocenters. The van der Waals surface area contributed by atoms with E-state index in [-0.39, 0.29) is 6.04 Å². The molecule has 2 rings (SSSR count). The lowest BCUT2D eigenvalue weighted by atomic mass is 9.96. The normalized spacial score (nSPS) is 12.6. The molecule has 0 spiro atoms. The Bertz CT molecular complexity index is 499. The van der Waals surface area contributed by atoms with Crippen molar-refractivity contribution in [2.75, 3.05) is 13.6 Å². The molecule has 21 heavy (non-hydrogen) atoms. The highest BCUT2D eigenvalue weighted by molar-refractivity contribution is 6.30. The molecule has 0 N–H and O–H groups in total. The highest BCUT2D eigenvalue weighted by Gasteiger charge is 2.18. The molecule has 0 bridgehead atoms. The van der Waals surface area contributed by atoms with Crippen molar-refractivity contribution in [1.82, 2.24) is 4.90 Å². The SMILES string of the molecule is CCCCN(C)C(c1ccc(C)cc1)c1ccc(Cl)cc1. The lowest BCUT2D eigenvalue weighted by molar-refractivity contribution is 0.274. The van der Waals surface area contributed by atoms with E-state index in [4.69, 9.17) is 11.6 Å². The summed E-state index contributed by atoms with van der Waals surface area (Å²) >= 11 is 6.03. The van der Waals surface area contributed by atoms with Gasteiger partial charge in [0.1, 0.15) is 0 Å². The van der Waals surface area contributed by atoms with E-state index in [1.54, 1.807) is 0 Å². The zero-order chi connectivity index (χ0) is 15.2. The van der Waals surface area contributed by atoms with Crippen molar-refractivity contribution >= 4 is 11.6 Å². The van der Waals surface area contributed by atoms with Crippen LogP contribution in [0.3, 0.4) is 0 Å². The topological polar surface area (TPSA) is 3.24 Å². The third kappa shape index (κ3) is 4.33. The minimum absolute atomic E-state index is 0.286. The van der Waals surface area contributed by atoms with Gasteiger partial charge in [0.05, 0.1) is 6.04 Å². The molecule has 0 saturated carbocycles. The molecule has 0 aliphatic carbocycles. The number of rotatable bonds is 6. The lowest BCUT2D eigenvalue weighted by Gasteiger charge is -2.29. The number of halogens is 1. The van der Waals surface area contributed by atoms with Crippen LogP contribution < -0.4 is 0 Å². The Hall–Kier alpha value is -1.31. The minimum atomic E-state index is 0.286. The molecular formula is C19H24ClN. The smallest absolute Gasteiger partial charge is 0.0599 e. The summed E-state index contributed by atoms with van der Waals surface area (Å²) in [5.41, 5.74) is 3.92. The number of benzene rings is 2. The average Bonchev–Trinajstić information content (AvgIpc) is 2.49. The molecule has 0 saturated heterocycles. The standard InChI is InChI=1S/C19H24ClN/c1-4-5-14-21(3)19(16-8-6-15(2)7-9-16)17-10-12-18(20)13-11-17/h6-13,19H,4-5,14H2,1-3H3. The van der Waals surface area contributed by atoms with E-state index in [1.165, 1.54) is 29.5 Å². The van der Waals surface area contributed by atoms with E-state index in [0.717, 1.165) is 11.6 Å². The van der Waals surface area contributed by atoms with Gasteiger partial charge in [0, 0.05) is 5.02 Å². The predicted molar refractivity (Wildman–Crippen MR) is 92.0 cm³/mol. The summed E-state index contributed by atoms with van der Waals surface area (Å²) in [5.74, 6) is 0. The summed E-state index contributed by atoms with van der Waals surface area (Å²) in [6, 6.07) is 17.4. The monoisotopic (exact) mass is 301 g/mol. The van der Waals surface area contributed by atoms with E-state index in [9.17, 15) is 0 Å². The van der Waals surface area contributed by atoms with Crippen LogP contribution in [-0.4, -0.2) is 18.5 Å². The molecule has 112 valence electrons. The van der Waals surface area contributed by atoms with Gasteiger partial charge >= 0.3 is 0 Å². The van der Waals surface area contributed by atoms with Crippen LogP contribution in [0, 0.1) is 6.92 Å². The maximum absolute atomic E-state index is 6.03. The van der Waals surface area contributed by atoms with Gasteiger partial charge in [-0.3, -0.25) is 4.90 Å². The number of aryl methyl sites for hydroxylation is 1. The Morgan fingerprint density at radius 3 is 2.00 bits per heavy atom. The fourth-order valence-corrected chi connectivity index (χ4v) is 2.76. The van der Waals surface area contributed by atoms with Gasteiger partial charge in [0.2, 0.25) is 0 Å². The van der Waals surface area contributed by atoms with Gasteiger partial charge in [-0.25, -0.2) is 0 Å². The van der Waals surface area contributed by atoms with Crippen molar-refractivity contribution in [3.8, 4) is 0 Å². The molecule has 0 aliphatic rings. The van der Waals surface area contributed by atoms with Gasteiger partial charge in [-0.15, -0.1) is 0 Å². The van der Waals surface area contributed by atoms with Crippen molar-refractivity contribution in [2.45, 2.75) is 32.7 Å². The first-order valence-corrected chi connectivity index (χ1v) is 8.02. The fraction of sp³-hybridized carbons (Fsp3) is 0.368. The van der Waals surface area contributed by atoms with Gasteiger partial charge in [-0.1, -0.05) is 66.9 Å².